The fraction of sp³-hybridized carbons (Fsp3) is 0.200. The van der Waals surface area contributed by atoms with Crippen LogP contribution >= 0.6 is 0 Å². The van der Waals surface area contributed by atoms with E-state index in [2.05, 4.69) is 5.32 Å². The molecule has 0 spiro atoms. The molecule has 0 fully saturated rings. The molecule has 4 nitrogen and oxygen atoms in total. The van der Waals surface area contributed by atoms with Crippen molar-refractivity contribution in [2.75, 3.05) is 11.9 Å². The Bertz CT molecular complexity index is 829. The minimum Gasteiger partial charge on any atom is -0.452 e. The molecule has 0 unspecified atom stereocenters. The van der Waals surface area contributed by atoms with Gasteiger partial charge in [-0.15, -0.1) is 0 Å². The molecule has 3 rings (SSSR count). The van der Waals surface area contributed by atoms with Gasteiger partial charge in [0.25, 0.3) is 5.91 Å². The lowest BCUT2D eigenvalue weighted by Crippen LogP contribution is -2.20. The van der Waals surface area contributed by atoms with Crippen LogP contribution in [0.2, 0.25) is 0 Å². The minimum absolute atomic E-state index is 0.280. The number of nitrogens with one attached hydrogen (secondary N) is 1. The average Bonchev–Trinajstić information content (AvgIpc) is 3.07. The largest absolute Gasteiger partial charge is 0.452 e. The van der Waals surface area contributed by atoms with Crippen LogP contribution in [0.15, 0.2) is 48.5 Å². The highest BCUT2D eigenvalue weighted by Crippen LogP contribution is 2.24. The Morgan fingerprint density at radius 2 is 1.92 bits per heavy atom. The number of fused-ring (bicyclic) bond motifs is 1. The first-order valence-electron chi connectivity index (χ1n) is 8.13. The number of rotatable bonds is 5. The lowest BCUT2D eigenvalue weighted by atomic mass is 10.1. The Kier molecular flexibility index (Phi) is 5.23. The number of hydrogen-bond donors (Lipinski definition) is 1. The molecule has 0 saturated heterocycles. The predicted molar refractivity (Wildman–Crippen MR) is 93.5 cm³/mol. The third kappa shape index (κ3) is 4.53. The second-order valence-corrected chi connectivity index (χ2v) is 5.85. The molecule has 0 saturated carbocycles. The van der Waals surface area contributed by atoms with Crippen LogP contribution in [-0.2, 0) is 27.2 Å². The maximum atomic E-state index is 13.4. The molecule has 5 heteroatoms. The molecule has 1 N–H and O–H groups in total. The van der Waals surface area contributed by atoms with E-state index in [0.29, 0.717) is 5.69 Å². The molecule has 0 aliphatic heterocycles. The monoisotopic (exact) mass is 339 g/mol. The van der Waals surface area contributed by atoms with Crippen molar-refractivity contribution in [3.8, 4) is 0 Å². The SMILES string of the molecule is O=C(COC(=O)/C=C/c1ccccc1F)Nc1ccc2c(c1)CCC2. The summed E-state index contributed by atoms with van der Waals surface area (Å²) in [6.45, 7) is -0.391. The van der Waals surface area contributed by atoms with Gasteiger partial charge in [-0.2, -0.15) is 0 Å². The van der Waals surface area contributed by atoms with E-state index in [1.807, 2.05) is 18.2 Å². The van der Waals surface area contributed by atoms with E-state index in [9.17, 15) is 14.0 Å². The number of carbonyl (C=O) groups excluding carboxylic acids is 2. The summed E-state index contributed by atoms with van der Waals surface area (Å²) in [6, 6.07) is 11.9. The summed E-state index contributed by atoms with van der Waals surface area (Å²) in [6.07, 6.45) is 5.65. The van der Waals surface area contributed by atoms with E-state index in [1.165, 1.54) is 23.3 Å². The molecule has 1 aliphatic rings. The van der Waals surface area contributed by atoms with E-state index in [0.717, 1.165) is 25.3 Å². The molecule has 0 aromatic heterocycles. The maximum absolute atomic E-state index is 13.4. The van der Waals surface area contributed by atoms with Crippen LogP contribution in [0, 0.1) is 5.82 Å². The molecular weight excluding hydrogens is 321 g/mol. The maximum Gasteiger partial charge on any atom is 0.331 e. The van der Waals surface area contributed by atoms with E-state index in [-0.39, 0.29) is 5.56 Å². The van der Waals surface area contributed by atoms with Gasteiger partial charge in [-0.1, -0.05) is 24.3 Å². The van der Waals surface area contributed by atoms with Crippen LogP contribution in [0.25, 0.3) is 6.08 Å². The summed E-state index contributed by atoms with van der Waals surface area (Å²) in [7, 11) is 0. The third-order valence-corrected chi connectivity index (χ3v) is 4.03. The zero-order valence-corrected chi connectivity index (χ0v) is 13.6. The van der Waals surface area contributed by atoms with Crippen molar-refractivity contribution in [2.45, 2.75) is 19.3 Å². The van der Waals surface area contributed by atoms with Crippen molar-refractivity contribution >= 4 is 23.6 Å². The second-order valence-electron chi connectivity index (χ2n) is 5.85. The van der Waals surface area contributed by atoms with E-state index in [4.69, 9.17) is 4.74 Å². The van der Waals surface area contributed by atoms with Crippen LogP contribution in [0.1, 0.15) is 23.1 Å². The summed E-state index contributed by atoms with van der Waals surface area (Å²) in [5, 5.41) is 2.71. The summed E-state index contributed by atoms with van der Waals surface area (Å²) < 4.78 is 18.3. The molecule has 1 aliphatic carbocycles. The van der Waals surface area contributed by atoms with E-state index in [1.54, 1.807) is 18.2 Å². The van der Waals surface area contributed by atoms with Gasteiger partial charge in [0.2, 0.25) is 0 Å². The quantitative estimate of drug-likeness (QED) is 0.670. The van der Waals surface area contributed by atoms with Gasteiger partial charge in [0.15, 0.2) is 6.61 Å². The van der Waals surface area contributed by atoms with Gasteiger partial charge in [-0.05, 0) is 54.7 Å². The number of esters is 1. The van der Waals surface area contributed by atoms with Crippen molar-refractivity contribution in [1.82, 2.24) is 0 Å². The van der Waals surface area contributed by atoms with Crippen LogP contribution in [0.4, 0.5) is 10.1 Å². The molecule has 2 aromatic carbocycles. The van der Waals surface area contributed by atoms with Crippen molar-refractivity contribution < 1.29 is 18.7 Å². The van der Waals surface area contributed by atoms with Gasteiger partial charge < -0.3 is 10.1 Å². The average molecular weight is 339 g/mol. The molecule has 0 atom stereocenters. The standard InChI is InChI=1S/C20H18FNO3/c21-18-7-2-1-4-15(18)9-11-20(24)25-13-19(23)22-17-10-8-14-5-3-6-16(14)12-17/h1-2,4,7-12H,3,5-6,13H2,(H,22,23)/b11-9+. The number of aryl methyl sites for hydroxylation is 2. The molecule has 128 valence electrons. The van der Waals surface area contributed by atoms with Crippen LogP contribution in [-0.4, -0.2) is 18.5 Å². The number of carbonyl (C=O) groups is 2. The van der Waals surface area contributed by atoms with Gasteiger partial charge in [-0.3, -0.25) is 4.79 Å². The number of benzene rings is 2. The first-order chi connectivity index (χ1) is 12.1. The highest BCUT2D eigenvalue weighted by molar-refractivity contribution is 5.94. The fourth-order valence-electron chi connectivity index (χ4n) is 2.80. The molecule has 0 bridgehead atoms. The zero-order chi connectivity index (χ0) is 17.6. The normalized spacial score (nSPS) is 12.8. The number of anilines is 1. The third-order valence-electron chi connectivity index (χ3n) is 4.03. The Labute approximate surface area is 145 Å². The summed E-state index contributed by atoms with van der Waals surface area (Å²) in [4.78, 5) is 23.5. The molecule has 0 radical (unpaired) electrons. The van der Waals surface area contributed by atoms with Crippen molar-refractivity contribution in [3.05, 3.63) is 71.0 Å². The Hall–Kier alpha value is -2.95. The van der Waals surface area contributed by atoms with E-state index < -0.39 is 24.3 Å². The van der Waals surface area contributed by atoms with Crippen molar-refractivity contribution in [1.29, 1.82) is 0 Å². The molecule has 2 aromatic rings. The van der Waals surface area contributed by atoms with Crippen LogP contribution in [0.5, 0.6) is 0 Å². The molecule has 1 amide bonds. The van der Waals surface area contributed by atoms with Crippen molar-refractivity contribution in [3.63, 3.8) is 0 Å². The minimum atomic E-state index is -0.702. The Morgan fingerprint density at radius 1 is 1.12 bits per heavy atom. The number of halogens is 1. The van der Waals surface area contributed by atoms with Crippen LogP contribution in [0.3, 0.4) is 0 Å². The first-order valence-corrected chi connectivity index (χ1v) is 8.13. The zero-order valence-electron chi connectivity index (χ0n) is 13.6. The molecular formula is C20H18FNO3. The number of amides is 1. The fourth-order valence-corrected chi connectivity index (χ4v) is 2.80. The topological polar surface area (TPSA) is 55.4 Å². The van der Waals surface area contributed by atoms with Gasteiger partial charge in [0.05, 0.1) is 0 Å². The molecule has 25 heavy (non-hydrogen) atoms. The summed E-state index contributed by atoms with van der Waals surface area (Å²) in [5.41, 5.74) is 3.55. The van der Waals surface area contributed by atoms with Gasteiger partial charge in [-0.25, -0.2) is 9.18 Å². The number of hydrogen-bond acceptors (Lipinski definition) is 3. The first kappa shape index (κ1) is 16.9. The highest BCUT2D eigenvalue weighted by Gasteiger charge is 2.12. The van der Waals surface area contributed by atoms with E-state index >= 15 is 0 Å². The van der Waals surface area contributed by atoms with Gasteiger partial charge in [0, 0.05) is 17.3 Å². The summed E-state index contributed by atoms with van der Waals surface area (Å²) >= 11 is 0. The number of ether oxygens (including phenoxy) is 1. The molecule has 0 heterocycles. The summed E-state index contributed by atoms with van der Waals surface area (Å²) in [5.74, 6) is -1.54. The predicted octanol–water partition coefficient (Wildman–Crippen LogP) is 3.51. The second kappa shape index (κ2) is 7.75. The van der Waals surface area contributed by atoms with Gasteiger partial charge >= 0.3 is 5.97 Å². The smallest absolute Gasteiger partial charge is 0.331 e. The Morgan fingerprint density at radius 3 is 2.76 bits per heavy atom. The lowest BCUT2D eigenvalue weighted by Gasteiger charge is -2.07. The highest BCUT2D eigenvalue weighted by atomic mass is 19.1. The van der Waals surface area contributed by atoms with Crippen molar-refractivity contribution in [2.24, 2.45) is 0 Å². The lowest BCUT2D eigenvalue weighted by molar-refractivity contribution is -0.142. The van der Waals surface area contributed by atoms with Gasteiger partial charge in [0.1, 0.15) is 5.82 Å². The van der Waals surface area contributed by atoms with Crippen LogP contribution < -0.4 is 5.32 Å². The Balaban J connectivity index is 1.49.